The van der Waals surface area contributed by atoms with Gasteiger partial charge in [-0.2, -0.15) is 0 Å². The lowest BCUT2D eigenvalue weighted by atomic mass is 10.1. The summed E-state index contributed by atoms with van der Waals surface area (Å²) in [5.41, 5.74) is 0. The van der Waals surface area contributed by atoms with Gasteiger partial charge in [0.05, 0.1) is 12.1 Å². The van der Waals surface area contributed by atoms with Gasteiger partial charge in [0.1, 0.15) is 0 Å². The maximum atomic E-state index is 11.8. The van der Waals surface area contributed by atoms with E-state index >= 15 is 0 Å². The molecule has 0 aliphatic carbocycles. The molecular weight excluding hydrogens is 204 g/mol. The van der Waals surface area contributed by atoms with Crippen molar-refractivity contribution in [3.8, 4) is 0 Å². The van der Waals surface area contributed by atoms with Crippen molar-refractivity contribution in [2.24, 2.45) is 0 Å². The van der Waals surface area contributed by atoms with E-state index in [0.29, 0.717) is 13.0 Å². The average molecular weight is 230 g/mol. The fourth-order valence-corrected chi connectivity index (χ4v) is 1.58. The van der Waals surface area contributed by atoms with Crippen molar-refractivity contribution < 1.29 is 9.90 Å². The Morgan fingerprint density at radius 1 is 1.31 bits per heavy atom. The summed E-state index contributed by atoms with van der Waals surface area (Å²) in [6.45, 7) is 4.57. The number of nitrogens with zero attached hydrogens (tertiary/aromatic N) is 1. The quantitative estimate of drug-likeness (QED) is 0.654. The minimum atomic E-state index is -0.302. The normalized spacial score (nSPS) is 14.9. The molecule has 96 valence electrons. The zero-order valence-electron chi connectivity index (χ0n) is 11.0. The molecule has 16 heavy (non-hydrogen) atoms. The first kappa shape index (κ1) is 15.4. The molecule has 1 amide bonds. The van der Waals surface area contributed by atoms with Crippen LogP contribution in [0.25, 0.3) is 0 Å². The van der Waals surface area contributed by atoms with E-state index < -0.39 is 0 Å². The predicted octanol–water partition coefficient (Wildman–Crippen LogP) is 0.994. The molecule has 0 saturated carbocycles. The van der Waals surface area contributed by atoms with Crippen molar-refractivity contribution in [3.63, 3.8) is 0 Å². The van der Waals surface area contributed by atoms with Crippen LogP contribution in [0.15, 0.2) is 0 Å². The second-order valence-electron chi connectivity index (χ2n) is 4.41. The third-order valence-electron chi connectivity index (χ3n) is 2.74. The van der Waals surface area contributed by atoms with E-state index in [4.69, 9.17) is 0 Å². The van der Waals surface area contributed by atoms with Crippen LogP contribution in [0.3, 0.4) is 0 Å². The second-order valence-corrected chi connectivity index (χ2v) is 4.41. The van der Waals surface area contributed by atoms with E-state index in [0.717, 1.165) is 19.3 Å². The zero-order valence-corrected chi connectivity index (χ0v) is 11.0. The molecule has 0 aliphatic rings. The smallest absolute Gasteiger partial charge is 0.237 e. The van der Waals surface area contributed by atoms with Gasteiger partial charge >= 0.3 is 0 Å². The molecule has 2 atom stereocenters. The fourth-order valence-electron chi connectivity index (χ4n) is 1.58. The van der Waals surface area contributed by atoms with Gasteiger partial charge in [0.15, 0.2) is 0 Å². The standard InChI is InChI=1S/C12H26N2O2/c1-5-7-11(14(3)4)12(16)13-9-8-10(15)6-2/h10-11,15H,5-9H2,1-4H3,(H,13,16). The van der Waals surface area contributed by atoms with Crippen LogP contribution in [-0.2, 0) is 4.79 Å². The molecule has 0 saturated heterocycles. The van der Waals surface area contributed by atoms with E-state index in [1.165, 1.54) is 0 Å². The third-order valence-corrected chi connectivity index (χ3v) is 2.74. The van der Waals surface area contributed by atoms with Gasteiger partial charge < -0.3 is 10.4 Å². The van der Waals surface area contributed by atoms with E-state index in [1.54, 1.807) is 0 Å². The van der Waals surface area contributed by atoms with Crippen LogP contribution in [0.1, 0.15) is 39.5 Å². The molecule has 2 unspecified atom stereocenters. The number of rotatable bonds is 8. The highest BCUT2D eigenvalue weighted by Crippen LogP contribution is 2.03. The SMILES string of the molecule is CCCC(C(=O)NCCC(O)CC)N(C)C. The van der Waals surface area contributed by atoms with Crippen LogP contribution in [0.5, 0.6) is 0 Å². The Hall–Kier alpha value is -0.610. The Morgan fingerprint density at radius 2 is 1.94 bits per heavy atom. The maximum absolute atomic E-state index is 11.8. The van der Waals surface area contributed by atoms with Crippen molar-refractivity contribution >= 4 is 5.91 Å². The molecule has 0 heterocycles. The second kappa shape index (κ2) is 8.53. The average Bonchev–Trinajstić information content (AvgIpc) is 2.24. The number of aliphatic hydroxyl groups excluding tert-OH is 1. The van der Waals surface area contributed by atoms with Gasteiger partial charge in [-0.3, -0.25) is 9.69 Å². The highest BCUT2D eigenvalue weighted by molar-refractivity contribution is 5.81. The van der Waals surface area contributed by atoms with Crippen LogP contribution in [0, 0.1) is 0 Å². The Bertz CT molecular complexity index is 195. The first-order chi connectivity index (χ1) is 7.52. The van der Waals surface area contributed by atoms with E-state index in [1.807, 2.05) is 25.9 Å². The van der Waals surface area contributed by atoms with Crippen LogP contribution in [-0.4, -0.2) is 48.7 Å². The number of hydrogen-bond donors (Lipinski definition) is 2. The number of likely N-dealkylation sites (N-methyl/N-ethyl adjacent to an activating group) is 1. The maximum Gasteiger partial charge on any atom is 0.237 e. The van der Waals surface area contributed by atoms with Crippen molar-refractivity contribution in [2.45, 2.75) is 51.7 Å². The van der Waals surface area contributed by atoms with Gasteiger partial charge in [-0.05, 0) is 33.4 Å². The molecular formula is C12H26N2O2. The Balaban J connectivity index is 3.92. The molecule has 0 aromatic carbocycles. The van der Waals surface area contributed by atoms with Gasteiger partial charge in [0, 0.05) is 6.54 Å². The number of hydrogen-bond acceptors (Lipinski definition) is 3. The minimum Gasteiger partial charge on any atom is -0.393 e. The highest BCUT2D eigenvalue weighted by Gasteiger charge is 2.19. The molecule has 0 fully saturated rings. The van der Waals surface area contributed by atoms with E-state index in [9.17, 15) is 9.90 Å². The van der Waals surface area contributed by atoms with Crippen molar-refractivity contribution in [3.05, 3.63) is 0 Å². The number of amides is 1. The van der Waals surface area contributed by atoms with Crippen molar-refractivity contribution in [1.82, 2.24) is 10.2 Å². The topological polar surface area (TPSA) is 52.6 Å². The lowest BCUT2D eigenvalue weighted by Gasteiger charge is -2.23. The van der Waals surface area contributed by atoms with Gasteiger partial charge in [-0.1, -0.05) is 20.3 Å². The first-order valence-corrected chi connectivity index (χ1v) is 6.15. The van der Waals surface area contributed by atoms with Crippen LogP contribution in [0.4, 0.5) is 0 Å². The number of carbonyl (C=O) groups excluding carboxylic acids is 1. The summed E-state index contributed by atoms with van der Waals surface area (Å²) in [6, 6.07) is -0.0521. The molecule has 0 spiro atoms. The van der Waals surface area contributed by atoms with Gasteiger partial charge in [-0.25, -0.2) is 0 Å². The van der Waals surface area contributed by atoms with Gasteiger partial charge in [0.2, 0.25) is 5.91 Å². The third kappa shape index (κ3) is 6.08. The zero-order chi connectivity index (χ0) is 12.6. The molecule has 2 N–H and O–H groups in total. The fraction of sp³-hybridized carbons (Fsp3) is 0.917. The monoisotopic (exact) mass is 230 g/mol. The summed E-state index contributed by atoms with van der Waals surface area (Å²) in [5.74, 6) is 0.0650. The summed E-state index contributed by atoms with van der Waals surface area (Å²) in [6.07, 6.45) is 2.93. The summed E-state index contributed by atoms with van der Waals surface area (Å²) in [7, 11) is 3.83. The molecule has 0 aromatic heterocycles. The number of nitrogens with one attached hydrogen (secondary N) is 1. The summed E-state index contributed by atoms with van der Waals surface area (Å²) >= 11 is 0. The lowest BCUT2D eigenvalue weighted by Crippen LogP contribution is -2.44. The summed E-state index contributed by atoms with van der Waals surface area (Å²) < 4.78 is 0. The van der Waals surface area contributed by atoms with Crippen LogP contribution >= 0.6 is 0 Å². The molecule has 0 aromatic rings. The van der Waals surface area contributed by atoms with Crippen LogP contribution in [0.2, 0.25) is 0 Å². The lowest BCUT2D eigenvalue weighted by molar-refractivity contribution is -0.125. The van der Waals surface area contributed by atoms with Gasteiger partial charge in [0.25, 0.3) is 0 Å². The number of aliphatic hydroxyl groups is 1. The molecule has 0 aliphatic heterocycles. The summed E-state index contributed by atoms with van der Waals surface area (Å²) in [5, 5.41) is 12.2. The van der Waals surface area contributed by atoms with E-state index in [-0.39, 0.29) is 18.1 Å². The molecule has 4 nitrogen and oxygen atoms in total. The van der Waals surface area contributed by atoms with Gasteiger partial charge in [-0.15, -0.1) is 0 Å². The Kier molecular flexibility index (Phi) is 8.21. The van der Waals surface area contributed by atoms with Crippen molar-refractivity contribution in [1.29, 1.82) is 0 Å². The van der Waals surface area contributed by atoms with Crippen LogP contribution < -0.4 is 5.32 Å². The molecule has 0 rings (SSSR count). The Morgan fingerprint density at radius 3 is 2.38 bits per heavy atom. The molecule has 0 bridgehead atoms. The summed E-state index contributed by atoms with van der Waals surface area (Å²) in [4.78, 5) is 13.7. The first-order valence-electron chi connectivity index (χ1n) is 6.15. The van der Waals surface area contributed by atoms with Crippen molar-refractivity contribution in [2.75, 3.05) is 20.6 Å². The minimum absolute atomic E-state index is 0.0521. The highest BCUT2D eigenvalue weighted by atomic mass is 16.3. The molecule has 0 radical (unpaired) electrons. The number of carbonyl (C=O) groups is 1. The Labute approximate surface area is 99.0 Å². The molecule has 4 heteroatoms. The predicted molar refractivity (Wildman–Crippen MR) is 66.3 cm³/mol. The van der Waals surface area contributed by atoms with E-state index in [2.05, 4.69) is 12.2 Å². The largest absolute Gasteiger partial charge is 0.393 e.